The van der Waals surface area contributed by atoms with E-state index in [1.165, 1.54) is 0 Å². The zero-order valence-corrected chi connectivity index (χ0v) is 8.07. The van der Waals surface area contributed by atoms with Gasteiger partial charge >= 0.3 is 0 Å². The van der Waals surface area contributed by atoms with Crippen molar-refractivity contribution in [3.63, 3.8) is 0 Å². The molecule has 0 atom stereocenters. The normalized spacial score (nSPS) is 11.4. The maximum Gasteiger partial charge on any atom is 0.232 e. The van der Waals surface area contributed by atoms with Crippen molar-refractivity contribution in [2.24, 2.45) is 12.8 Å². The Morgan fingerprint density at radius 2 is 2.08 bits per heavy atom. The molecule has 0 spiro atoms. The number of aryl methyl sites for hydroxylation is 3. The number of nitrogens with two attached hydrogens (primary N) is 1. The van der Waals surface area contributed by atoms with Gasteiger partial charge in [0.2, 0.25) is 5.78 Å². The minimum absolute atomic E-state index is 0.476. The first-order valence-electron chi connectivity index (χ1n) is 4.22. The summed E-state index contributed by atoms with van der Waals surface area (Å²) in [5, 5.41) is 4.34. The van der Waals surface area contributed by atoms with E-state index in [0.717, 1.165) is 23.0 Å². The van der Waals surface area contributed by atoms with Gasteiger partial charge in [0.1, 0.15) is 5.82 Å². The van der Waals surface area contributed by atoms with Crippen LogP contribution >= 0.6 is 0 Å². The summed E-state index contributed by atoms with van der Waals surface area (Å²) in [4.78, 5) is 4.39. The van der Waals surface area contributed by atoms with Gasteiger partial charge in [-0.15, -0.1) is 0 Å². The molecule has 2 heterocycles. The van der Waals surface area contributed by atoms with Crippen molar-refractivity contribution in [1.82, 2.24) is 19.2 Å². The summed E-state index contributed by atoms with van der Waals surface area (Å²) in [5.74, 6) is 1.80. The Labute approximate surface area is 76.2 Å². The Hall–Kier alpha value is -1.36. The first-order valence-corrected chi connectivity index (χ1v) is 4.22. The lowest BCUT2D eigenvalue weighted by molar-refractivity contribution is 0.829. The molecule has 2 rings (SSSR count). The Morgan fingerprint density at radius 3 is 2.69 bits per heavy atom. The van der Waals surface area contributed by atoms with Crippen molar-refractivity contribution >= 4 is 5.78 Å². The maximum absolute atomic E-state index is 5.61. The van der Waals surface area contributed by atoms with Crippen LogP contribution < -0.4 is 5.73 Å². The molecule has 0 aliphatic rings. The molecule has 0 saturated carbocycles. The maximum atomic E-state index is 5.61. The number of hydrogen-bond donors (Lipinski definition) is 1. The van der Waals surface area contributed by atoms with Crippen LogP contribution in [-0.2, 0) is 13.6 Å². The van der Waals surface area contributed by atoms with Gasteiger partial charge < -0.3 is 10.3 Å². The molecule has 0 aromatic carbocycles. The predicted octanol–water partition coefficient (Wildman–Crippen LogP) is 0.143. The summed E-state index contributed by atoms with van der Waals surface area (Å²) in [6.07, 6.45) is 0. The third-order valence-electron chi connectivity index (χ3n) is 2.35. The van der Waals surface area contributed by atoms with Crippen molar-refractivity contribution in [3.8, 4) is 0 Å². The van der Waals surface area contributed by atoms with Crippen LogP contribution in [0.3, 0.4) is 0 Å². The highest BCUT2D eigenvalue weighted by Gasteiger charge is 2.12. The molecule has 0 unspecified atom stereocenters. The Balaban J connectivity index is 2.84. The fraction of sp³-hybridized carbons (Fsp3) is 0.500. The molecular weight excluding hydrogens is 166 g/mol. The summed E-state index contributed by atoms with van der Waals surface area (Å²) in [6.45, 7) is 4.37. The molecule has 0 aliphatic carbocycles. The monoisotopic (exact) mass is 179 g/mol. The molecule has 0 saturated heterocycles. The first kappa shape index (κ1) is 8.25. The average molecular weight is 179 g/mol. The molecule has 2 N–H and O–H groups in total. The Kier molecular flexibility index (Phi) is 1.63. The lowest BCUT2D eigenvalue weighted by Gasteiger charge is -1.92. The Morgan fingerprint density at radius 1 is 1.38 bits per heavy atom. The summed E-state index contributed by atoms with van der Waals surface area (Å²) >= 11 is 0. The molecular formula is C8H13N5. The van der Waals surface area contributed by atoms with Crippen LogP contribution in [0, 0.1) is 13.8 Å². The molecule has 0 fully saturated rings. The summed E-state index contributed by atoms with van der Waals surface area (Å²) in [7, 11) is 1.95. The standard InChI is InChI=1S/C8H13N5/c1-5-7(4-9)13-8(10-5)12(3)6(2)11-13/h4,9H2,1-3H3. The van der Waals surface area contributed by atoms with Crippen molar-refractivity contribution in [3.05, 3.63) is 17.2 Å². The molecule has 70 valence electrons. The van der Waals surface area contributed by atoms with Gasteiger partial charge in [-0.1, -0.05) is 0 Å². The quantitative estimate of drug-likeness (QED) is 0.677. The fourth-order valence-corrected chi connectivity index (χ4v) is 1.45. The van der Waals surface area contributed by atoms with Crippen LogP contribution in [0.15, 0.2) is 0 Å². The third kappa shape index (κ3) is 0.968. The largest absolute Gasteiger partial charge is 0.325 e. The summed E-state index contributed by atoms with van der Waals surface area (Å²) in [5.41, 5.74) is 7.55. The smallest absolute Gasteiger partial charge is 0.232 e. The second kappa shape index (κ2) is 2.56. The van der Waals surface area contributed by atoms with Gasteiger partial charge in [-0.05, 0) is 13.8 Å². The highest BCUT2D eigenvalue weighted by molar-refractivity contribution is 5.35. The van der Waals surface area contributed by atoms with E-state index in [1.807, 2.05) is 30.0 Å². The van der Waals surface area contributed by atoms with E-state index in [9.17, 15) is 0 Å². The average Bonchev–Trinajstić information content (AvgIpc) is 2.52. The minimum atomic E-state index is 0.476. The van der Waals surface area contributed by atoms with Crippen LogP contribution in [0.25, 0.3) is 5.78 Å². The molecule has 0 aliphatic heterocycles. The van der Waals surface area contributed by atoms with Gasteiger partial charge in [-0.25, -0.2) is 4.98 Å². The molecule has 2 aromatic heterocycles. The second-order valence-corrected chi connectivity index (χ2v) is 3.17. The van der Waals surface area contributed by atoms with E-state index in [1.54, 1.807) is 0 Å². The molecule has 13 heavy (non-hydrogen) atoms. The van der Waals surface area contributed by atoms with Gasteiger partial charge in [-0.2, -0.15) is 9.61 Å². The van der Waals surface area contributed by atoms with Crippen molar-refractivity contribution in [1.29, 1.82) is 0 Å². The van der Waals surface area contributed by atoms with Crippen LogP contribution in [0.2, 0.25) is 0 Å². The first-order chi connectivity index (χ1) is 6.15. The highest BCUT2D eigenvalue weighted by atomic mass is 15.4. The van der Waals surface area contributed by atoms with Gasteiger partial charge in [0, 0.05) is 13.6 Å². The molecule has 0 radical (unpaired) electrons. The Bertz CT molecular complexity index is 450. The number of hydrogen-bond acceptors (Lipinski definition) is 3. The van der Waals surface area contributed by atoms with Crippen molar-refractivity contribution in [2.45, 2.75) is 20.4 Å². The van der Waals surface area contributed by atoms with Crippen LogP contribution in [0.4, 0.5) is 0 Å². The zero-order chi connectivity index (χ0) is 9.59. The van der Waals surface area contributed by atoms with Crippen LogP contribution in [0.5, 0.6) is 0 Å². The highest BCUT2D eigenvalue weighted by Crippen LogP contribution is 2.11. The van der Waals surface area contributed by atoms with E-state index < -0.39 is 0 Å². The number of aromatic nitrogens is 4. The molecule has 2 aromatic rings. The van der Waals surface area contributed by atoms with E-state index in [-0.39, 0.29) is 0 Å². The van der Waals surface area contributed by atoms with Gasteiger partial charge in [-0.3, -0.25) is 0 Å². The number of rotatable bonds is 1. The summed E-state index contributed by atoms with van der Waals surface area (Å²) in [6, 6.07) is 0. The lowest BCUT2D eigenvalue weighted by Crippen LogP contribution is -2.03. The molecule has 0 amide bonds. The third-order valence-corrected chi connectivity index (χ3v) is 2.35. The minimum Gasteiger partial charge on any atom is -0.325 e. The topological polar surface area (TPSA) is 61.1 Å². The predicted molar refractivity (Wildman–Crippen MR) is 49.3 cm³/mol. The lowest BCUT2D eigenvalue weighted by atomic mass is 10.3. The number of nitrogens with zero attached hydrogens (tertiary/aromatic N) is 4. The van der Waals surface area contributed by atoms with Gasteiger partial charge in [0.05, 0.1) is 11.4 Å². The van der Waals surface area contributed by atoms with E-state index in [2.05, 4.69) is 10.1 Å². The van der Waals surface area contributed by atoms with Crippen molar-refractivity contribution < 1.29 is 0 Å². The fourth-order valence-electron chi connectivity index (χ4n) is 1.45. The van der Waals surface area contributed by atoms with Gasteiger partial charge in [0.15, 0.2) is 0 Å². The van der Waals surface area contributed by atoms with Gasteiger partial charge in [0.25, 0.3) is 0 Å². The molecule has 0 bridgehead atoms. The van der Waals surface area contributed by atoms with E-state index in [4.69, 9.17) is 5.73 Å². The second-order valence-electron chi connectivity index (χ2n) is 3.17. The van der Waals surface area contributed by atoms with Crippen molar-refractivity contribution in [2.75, 3.05) is 0 Å². The van der Waals surface area contributed by atoms with E-state index in [0.29, 0.717) is 6.54 Å². The number of imidazole rings is 1. The number of fused-ring (bicyclic) bond motifs is 1. The van der Waals surface area contributed by atoms with E-state index >= 15 is 0 Å². The molecule has 5 nitrogen and oxygen atoms in total. The zero-order valence-electron chi connectivity index (χ0n) is 8.07. The SMILES string of the molecule is Cc1nc2n(C)c(C)nn2c1CN. The van der Waals surface area contributed by atoms with Crippen LogP contribution in [-0.4, -0.2) is 19.2 Å². The van der Waals surface area contributed by atoms with Crippen LogP contribution in [0.1, 0.15) is 17.2 Å². The summed E-state index contributed by atoms with van der Waals surface area (Å²) < 4.78 is 3.76. The molecule has 5 heteroatoms.